The minimum Gasteiger partial charge on any atom is -0.465 e. The van der Waals surface area contributed by atoms with E-state index in [2.05, 4.69) is 0 Å². The van der Waals surface area contributed by atoms with Crippen LogP contribution in [0.25, 0.3) is 0 Å². The number of ether oxygens (including phenoxy) is 4. The van der Waals surface area contributed by atoms with Crippen LogP contribution in [0.4, 0.5) is 0 Å². The molecule has 0 amide bonds. The zero-order valence-corrected chi connectivity index (χ0v) is 13.3. The Morgan fingerprint density at radius 2 is 1.35 bits per heavy atom. The summed E-state index contributed by atoms with van der Waals surface area (Å²) in [6.07, 6.45) is -3.13. The van der Waals surface area contributed by atoms with Crippen molar-refractivity contribution in [2.75, 3.05) is 6.61 Å². The first-order valence-corrected chi connectivity index (χ1v) is 6.84. The zero-order valence-electron chi connectivity index (χ0n) is 13.3. The van der Waals surface area contributed by atoms with Crippen LogP contribution in [0.3, 0.4) is 0 Å². The van der Waals surface area contributed by atoms with Crippen molar-refractivity contribution in [1.82, 2.24) is 0 Å². The Balaban J connectivity index is 2.98. The van der Waals surface area contributed by atoms with Crippen LogP contribution >= 0.6 is 0 Å². The van der Waals surface area contributed by atoms with Gasteiger partial charge in [-0.2, -0.15) is 0 Å². The first-order chi connectivity index (χ1) is 10.7. The maximum Gasteiger partial charge on any atom is 0.345 e. The van der Waals surface area contributed by atoms with Crippen LogP contribution < -0.4 is 0 Å². The van der Waals surface area contributed by atoms with Crippen LogP contribution in [0.15, 0.2) is 0 Å². The van der Waals surface area contributed by atoms with E-state index in [-0.39, 0.29) is 6.61 Å². The van der Waals surface area contributed by atoms with Crippen LogP contribution in [0.2, 0.25) is 0 Å². The molecule has 9 nitrogen and oxygen atoms in total. The fraction of sp³-hybridized carbons (Fsp3) is 0.692. The SMILES string of the molecule is CC(=O)OCC1O[B]C(OC(C)=O)C(OC(C)=O)C1OC(C)=O. The molecule has 0 saturated carbocycles. The molecule has 0 spiro atoms. The molecule has 1 saturated heterocycles. The van der Waals surface area contributed by atoms with Crippen LogP contribution in [0.5, 0.6) is 0 Å². The Labute approximate surface area is 133 Å². The van der Waals surface area contributed by atoms with Gasteiger partial charge in [-0.1, -0.05) is 0 Å². The fourth-order valence-corrected chi connectivity index (χ4v) is 2.01. The lowest BCUT2D eigenvalue weighted by Crippen LogP contribution is -2.59. The number of carbonyl (C=O) groups excluding carboxylic acids is 4. The van der Waals surface area contributed by atoms with Gasteiger partial charge in [-0.3, -0.25) is 19.2 Å². The van der Waals surface area contributed by atoms with Gasteiger partial charge in [-0.05, 0) is 0 Å². The number of esters is 4. The molecule has 1 rings (SSSR count). The molecule has 1 aliphatic rings. The standard InChI is InChI=1S/C13H18BO9/c1-6(15)19-5-10-11(20-7(2)16)12(21-8(3)17)13(14-23-10)22-9(4)18/h10-13H,5H2,1-4H3. The maximum absolute atomic E-state index is 11.3. The molecule has 1 aliphatic heterocycles. The molecule has 0 aromatic carbocycles. The molecule has 0 aliphatic carbocycles. The van der Waals surface area contributed by atoms with Gasteiger partial charge >= 0.3 is 31.4 Å². The highest BCUT2D eigenvalue weighted by atomic mass is 16.6. The van der Waals surface area contributed by atoms with Crippen molar-refractivity contribution in [3.8, 4) is 0 Å². The van der Waals surface area contributed by atoms with Crippen molar-refractivity contribution < 1.29 is 42.8 Å². The van der Waals surface area contributed by atoms with Crippen molar-refractivity contribution >= 4 is 31.4 Å². The van der Waals surface area contributed by atoms with E-state index in [1.165, 1.54) is 13.8 Å². The monoisotopic (exact) mass is 329 g/mol. The molecule has 127 valence electrons. The summed E-state index contributed by atoms with van der Waals surface area (Å²) in [4.78, 5) is 44.7. The quantitative estimate of drug-likeness (QED) is 0.367. The van der Waals surface area contributed by atoms with Crippen molar-refractivity contribution in [1.29, 1.82) is 0 Å². The molecule has 0 bridgehead atoms. The van der Waals surface area contributed by atoms with Gasteiger partial charge in [0.15, 0.2) is 12.2 Å². The lowest BCUT2D eigenvalue weighted by atomic mass is 9.78. The zero-order chi connectivity index (χ0) is 17.6. The average molecular weight is 329 g/mol. The largest absolute Gasteiger partial charge is 0.465 e. The first-order valence-electron chi connectivity index (χ1n) is 6.84. The highest BCUT2D eigenvalue weighted by Crippen LogP contribution is 2.23. The second-order valence-electron chi connectivity index (χ2n) is 4.84. The topological polar surface area (TPSA) is 114 Å². The van der Waals surface area contributed by atoms with Crippen molar-refractivity contribution in [3.05, 3.63) is 0 Å². The fourth-order valence-electron chi connectivity index (χ4n) is 2.01. The van der Waals surface area contributed by atoms with E-state index in [1.54, 1.807) is 0 Å². The molecular formula is C13H18BO9. The van der Waals surface area contributed by atoms with Gasteiger partial charge in [0.2, 0.25) is 0 Å². The van der Waals surface area contributed by atoms with E-state index >= 15 is 0 Å². The smallest absolute Gasteiger partial charge is 0.345 e. The van der Waals surface area contributed by atoms with Gasteiger partial charge in [0.1, 0.15) is 18.7 Å². The summed E-state index contributed by atoms with van der Waals surface area (Å²) in [6, 6.07) is -1.06. The third-order valence-electron chi connectivity index (χ3n) is 2.76. The van der Waals surface area contributed by atoms with Gasteiger partial charge in [0.05, 0.1) is 0 Å². The summed E-state index contributed by atoms with van der Waals surface area (Å²) in [6.45, 7) is 4.47. The Bertz CT molecular complexity index is 478. The molecular weight excluding hydrogens is 311 g/mol. The molecule has 23 heavy (non-hydrogen) atoms. The van der Waals surface area contributed by atoms with Crippen molar-refractivity contribution in [3.63, 3.8) is 0 Å². The van der Waals surface area contributed by atoms with Crippen LogP contribution in [0, 0.1) is 0 Å². The van der Waals surface area contributed by atoms with Gasteiger partial charge in [0.25, 0.3) is 0 Å². The summed E-state index contributed by atoms with van der Waals surface area (Å²) in [5.74, 6) is -2.51. The predicted molar refractivity (Wildman–Crippen MR) is 73.9 cm³/mol. The minimum absolute atomic E-state index is 0.228. The number of carbonyl (C=O) groups is 4. The van der Waals surface area contributed by atoms with Gasteiger partial charge in [-0.15, -0.1) is 0 Å². The van der Waals surface area contributed by atoms with Crippen LogP contribution in [-0.2, 0) is 42.8 Å². The van der Waals surface area contributed by atoms with Crippen molar-refractivity contribution in [2.24, 2.45) is 0 Å². The minimum atomic E-state index is -1.12. The third-order valence-corrected chi connectivity index (χ3v) is 2.76. The summed E-state index contributed by atoms with van der Waals surface area (Å²) < 4.78 is 25.4. The molecule has 0 aromatic heterocycles. The molecule has 0 N–H and O–H groups in total. The molecule has 10 heteroatoms. The molecule has 4 unspecified atom stereocenters. The molecule has 1 heterocycles. The highest BCUT2D eigenvalue weighted by Gasteiger charge is 2.47. The predicted octanol–water partition coefficient (Wildman–Crippen LogP) is -0.680. The second kappa shape index (κ2) is 8.51. The molecule has 1 fully saturated rings. The van der Waals surface area contributed by atoms with Crippen LogP contribution in [-0.4, -0.2) is 62.3 Å². The third kappa shape index (κ3) is 6.27. The maximum atomic E-state index is 11.3. The lowest BCUT2D eigenvalue weighted by Gasteiger charge is -2.39. The number of rotatable bonds is 5. The normalized spacial score (nSPS) is 26.4. The van der Waals surface area contributed by atoms with E-state index in [1.807, 2.05) is 0 Å². The summed E-state index contributed by atoms with van der Waals surface area (Å²) in [5.41, 5.74) is 0. The van der Waals surface area contributed by atoms with E-state index < -0.39 is 48.2 Å². The average Bonchev–Trinajstić information content (AvgIpc) is 2.39. The second-order valence-corrected chi connectivity index (χ2v) is 4.84. The number of hydrogen-bond acceptors (Lipinski definition) is 9. The van der Waals surface area contributed by atoms with E-state index in [0.717, 1.165) is 21.3 Å². The van der Waals surface area contributed by atoms with E-state index in [4.69, 9.17) is 23.6 Å². The summed E-state index contributed by atoms with van der Waals surface area (Å²) in [5, 5.41) is 0. The lowest BCUT2D eigenvalue weighted by molar-refractivity contribution is -0.195. The first kappa shape index (κ1) is 19.0. The van der Waals surface area contributed by atoms with Gasteiger partial charge in [-0.25, -0.2) is 0 Å². The Kier molecular flexibility index (Phi) is 7.02. The van der Waals surface area contributed by atoms with E-state index in [0.29, 0.717) is 0 Å². The van der Waals surface area contributed by atoms with Gasteiger partial charge in [0, 0.05) is 27.7 Å². The number of hydrogen-bond donors (Lipinski definition) is 0. The Morgan fingerprint density at radius 3 is 1.83 bits per heavy atom. The summed E-state index contributed by atoms with van der Waals surface area (Å²) >= 11 is 0. The molecule has 4 atom stereocenters. The van der Waals surface area contributed by atoms with Gasteiger partial charge < -0.3 is 23.6 Å². The van der Waals surface area contributed by atoms with Crippen molar-refractivity contribution in [2.45, 2.75) is 52.0 Å². The van der Waals surface area contributed by atoms with E-state index in [9.17, 15) is 19.2 Å². The molecule has 1 radical (unpaired) electrons. The highest BCUT2D eigenvalue weighted by molar-refractivity contribution is 6.30. The Hall–Kier alpha value is -2.10. The summed E-state index contributed by atoms with van der Waals surface area (Å²) in [7, 11) is 1.14. The Morgan fingerprint density at radius 1 is 0.826 bits per heavy atom. The molecule has 0 aromatic rings. The van der Waals surface area contributed by atoms with Crippen LogP contribution in [0.1, 0.15) is 27.7 Å².